The molecule has 1 unspecified atom stereocenters. The molecule has 2 heterocycles. The Morgan fingerprint density at radius 3 is 2.24 bits per heavy atom. The number of nitrogens with zero attached hydrogens (tertiary/aromatic N) is 3. The Labute approximate surface area is 290 Å². The molecular formula is C36H57N7O6. The number of likely N-dealkylation sites (tertiary alicyclic amines) is 1. The van der Waals surface area contributed by atoms with Gasteiger partial charge in [-0.3, -0.25) is 39.3 Å². The van der Waals surface area contributed by atoms with Gasteiger partial charge >= 0.3 is 0 Å². The Kier molecular flexibility index (Phi) is 13.3. The summed E-state index contributed by atoms with van der Waals surface area (Å²) in [5.41, 5.74) is -0.443. The van der Waals surface area contributed by atoms with Crippen LogP contribution in [-0.4, -0.2) is 86.1 Å². The van der Waals surface area contributed by atoms with E-state index in [2.05, 4.69) is 31.2 Å². The molecule has 49 heavy (non-hydrogen) atoms. The molecule has 2 saturated carbocycles. The van der Waals surface area contributed by atoms with Crippen LogP contribution in [0.25, 0.3) is 0 Å². The lowest BCUT2D eigenvalue weighted by atomic mass is 9.81. The standard InChI is InChI=1S/C36H57N7O6/c1-7-11-25(29(44)34(48)39-23-14-15-23)40-33(47)28-24(21(2)3)16-19-43(28)35(49)30(36(4,5)6)42-32(46)27(22-12-9-8-10-13-22)41-31(45)26-20-37-17-18-38-26/h17-18,20-25,27-28,30-31,41,45H,7-16,19H2,1-6H3,(H,39,48)(H,40,47)(H,42,46)/t24-,25+,27-,28+,30+,31?/m1/s1. The van der Waals surface area contributed by atoms with Crippen LogP contribution in [-0.2, 0) is 24.0 Å². The molecule has 4 amide bonds. The van der Waals surface area contributed by atoms with Gasteiger partial charge in [0.2, 0.25) is 23.5 Å². The zero-order valence-corrected chi connectivity index (χ0v) is 30.0. The molecule has 272 valence electrons. The van der Waals surface area contributed by atoms with E-state index < -0.39 is 59.3 Å². The lowest BCUT2D eigenvalue weighted by Gasteiger charge is -2.39. The summed E-state index contributed by atoms with van der Waals surface area (Å²) in [6, 6.07) is -3.64. The van der Waals surface area contributed by atoms with Gasteiger partial charge in [0.05, 0.1) is 18.3 Å². The molecule has 0 aromatic carbocycles. The number of aliphatic hydroxyl groups excluding tert-OH is 1. The molecule has 4 rings (SSSR count). The van der Waals surface area contributed by atoms with Gasteiger partial charge < -0.3 is 26.0 Å². The van der Waals surface area contributed by atoms with Crippen molar-refractivity contribution in [3.63, 3.8) is 0 Å². The third kappa shape index (κ3) is 10.1. The lowest BCUT2D eigenvalue weighted by Crippen LogP contribution is -2.62. The molecule has 0 radical (unpaired) electrons. The van der Waals surface area contributed by atoms with Gasteiger partial charge in [-0.2, -0.15) is 0 Å². The molecule has 6 atom stereocenters. The van der Waals surface area contributed by atoms with Crippen molar-refractivity contribution in [2.75, 3.05) is 6.54 Å². The fraction of sp³-hybridized carbons (Fsp3) is 0.750. The van der Waals surface area contributed by atoms with Gasteiger partial charge in [-0.1, -0.05) is 67.2 Å². The van der Waals surface area contributed by atoms with Crippen LogP contribution < -0.4 is 21.3 Å². The maximum absolute atomic E-state index is 14.5. The molecule has 0 spiro atoms. The Bertz CT molecular complexity index is 1310. The predicted molar refractivity (Wildman–Crippen MR) is 183 cm³/mol. The van der Waals surface area contributed by atoms with E-state index in [1.165, 1.54) is 18.6 Å². The van der Waals surface area contributed by atoms with Crippen molar-refractivity contribution >= 4 is 29.4 Å². The molecule has 1 aromatic rings. The lowest BCUT2D eigenvalue weighted by molar-refractivity contribution is -0.146. The zero-order valence-electron chi connectivity index (χ0n) is 30.0. The van der Waals surface area contributed by atoms with E-state index in [4.69, 9.17) is 0 Å². The summed E-state index contributed by atoms with van der Waals surface area (Å²) in [6.45, 7) is 11.8. The van der Waals surface area contributed by atoms with Crippen molar-refractivity contribution in [1.82, 2.24) is 36.1 Å². The minimum Gasteiger partial charge on any atom is -0.373 e. The third-order valence-electron chi connectivity index (χ3n) is 10.2. The number of hydrogen-bond acceptors (Lipinski definition) is 9. The van der Waals surface area contributed by atoms with Crippen LogP contribution in [0.2, 0.25) is 0 Å². The molecular weight excluding hydrogens is 626 g/mol. The predicted octanol–water partition coefficient (Wildman–Crippen LogP) is 2.54. The zero-order chi connectivity index (χ0) is 35.9. The van der Waals surface area contributed by atoms with E-state index in [0.29, 0.717) is 25.8 Å². The second-order valence-corrected chi connectivity index (χ2v) is 15.5. The fourth-order valence-electron chi connectivity index (χ4n) is 7.20. The number of ketones is 1. The first-order valence-corrected chi connectivity index (χ1v) is 18.2. The number of aromatic nitrogens is 2. The summed E-state index contributed by atoms with van der Waals surface area (Å²) >= 11 is 0. The Hall–Kier alpha value is -3.45. The number of carbonyl (C=O) groups excluding carboxylic acids is 5. The van der Waals surface area contributed by atoms with Gasteiger partial charge in [0.25, 0.3) is 5.91 Å². The summed E-state index contributed by atoms with van der Waals surface area (Å²) in [4.78, 5) is 78.3. The van der Waals surface area contributed by atoms with Crippen LogP contribution in [0.3, 0.4) is 0 Å². The van der Waals surface area contributed by atoms with Crippen molar-refractivity contribution in [3.8, 4) is 0 Å². The first kappa shape index (κ1) is 38.4. The van der Waals surface area contributed by atoms with Crippen molar-refractivity contribution < 1.29 is 29.1 Å². The second-order valence-electron chi connectivity index (χ2n) is 15.5. The van der Waals surface area contributed by atoms with E-state index in [0.717, 1.165) is 44.9 Å². The Morgan fingerprint density at radius 1 is 0.980 bits per heavy atom. The molecule has 1 saturated heterocycles. The first-order chi connectivity index (χ1) is 23.2. The first-order valence-electron chi connectivity index (χ1n) is 18.2. The maximum Gasteiger partial charge on any atom is 0.289 e. The van der Waals surface area contributed by atoms with Gasteiger partial charge in [-0.15, -0.1) is 0 Å². The monoisotopic (exact) mass is 683 g/mol. The Morgan fingerprint density at radius 2 is 1.67 bits per heavy atom. The van der Waals surface area contributed by atoms with E-state index in [9.17, 15) is 29.1 Å². The highest BCUT2D eigenvalue weighted by Gasteiger charge is 2.48. The number of aliphatic hydroxyl groups is 1. The molecule has 1 aliphatic heterocycles. The largest absolute Gasteiger partial charge is 0.373 e. The number of amides is 4. The number of hydrogen-bond donors (Lipinski definition) is 5. The smallest absolute Gasteiger partial charge is 0.289 e. The topological polar surface area (TPSA) is 183 Å². The average molecular weight is 684 g/mol. The highest BCUT2D eigenvalue weighted by molar-refractivity contribution is 6.38. The van der Waals surface area contributed by atoms with Crippen LogP contribution in [0.5, 0.6) is 0 Å². The number of rotatable bonds is 15. The Balaban J connectivity index is 1.56. The normalized spacial score (nSPS) is 22.6. The van der Waals surface area contributed by atoms with E-state index in [1.54, 1.807) is 4.90 Å². The minimum atomic E-state index is -1.24. The van der Waals surface area contributed by atoms with E-state index in [-0.39, 0.29) is 35.4 Å². The fourth-order valence-corrected chi connectivity index (χ4v) is 7.20. The molecule has 2 aliphatic carbocycles. The average Bonchev–Trinajstić information content (AvgIpc) is 3.77. The van der Waals surface area contributed by atoms with Gasteiger partial charge in [0.15, 0.2) is 0 Å². The van der Waals surface area contributed by atoms with Crippen LogP contribution in [0.4, 0.5) is 0 Å². The molecule has 0 bridgehead atoms. The number of nitrogens with one attached hydrogen (secondary N) is 4. The van der Waals surface area contributed by atoms with Crippen LogP contribution >= 0.6 is 0 Å². The second kappa shape index (κ2) is 17.0. The van der Waals surface area contributed by atoms with Crippen molar-refractivity contribution in [2.45, 2.75) is 142 Å². The summed E-state index contributed by atoms with van der Waals surface area (Å²) in [6.07, 6.45) is 10.9. The van der Waals surface area contributed by atoms with Gasteiger partial charge in [-0.25, -0.2) is 0 Å². The SMILES string of the molecule is CCC[C@H](NC(=O)[C@@H]1[C@@H](C(C)C)CCN1C(=O)[C@H](NC(=O)[C@H](NC(O)c1cnccn1)C1CCCCC1)C(C)(C)C)C(=O)C(=O)NC1CC1. The van der Waals surface area contributed by atoms with Gasteiger partial charge in [0, 0.05) is 25.0 Å². The summed E-state index contributed by atoms with van der Waals surface area (Å²) in [5, 5.41) is 22.7. The summed E-state index contributed by atoms with van der Waals surface area (Å²) in [7, 11) is 0. The highest BCUT2D eigenvalue weighted by atomic mass is 16.3. The van der Waals surface area contributed by atoms with E-state index >= 15 is 0 Å². The minimum absolute atomic E-state index is 0.00965. The molecule has 3 aliphatic rings. The molecule has 1 aromatic heterocycles. The number of carbonyl (C=O) groups is 5. The summed E-state index contributed by atoms with van der Waals surface area (Å²) < 4.78 is 0. The van der Waals surface area contributed by atoms with Crippen molar-refractivity contribution in [2.24, 2.45) is 23.2 Å². The summed E-state index contributed by atoms with van der Waals surface area (Å²) in [5.74, 6) is -2.82. The molecule has 3 fully saturated rings. The van der Waals surface area contributed by atoms with Crippen LogP contribution in [0, 0.1) is 23.2 Å². The van der Waals surface area contributed by atoms with Crippen molar-refractivity contribution in [1.29, 1.82) is 0 Å². The maximum atomic E-state index is 14.5. The number of Topliss-reactive ketones (excluding diaryl/α,β-unsaturated/α-hetero) is 1. The third-order valence-corrected chi connectivity index (χ3v) is 10.2. The van der Waals surface area contributed by atoms with E-state index in [1.807, 2.05) is 41.5 Å². The quantitative estimate of drug-likeness (QED) is 0.137. The van der Waals surface area contributed by atoms with Crippen molar-refractivity contribution in [3.05, 3.63) is 24.3 Å². The van der Waals surface area contributed by atoms with Crippen LogP contribution in [0.1, 0.15) is 118 Å². The molecule has 5 N–H and O–H groups in total. The highest BCUT2D eigenvalue weighted by Crippen LogP contribution is 2.34. The van der Waals surface area contributed by atoms with Gasteiger partial charge in [0.1, 0.15) is 24.0 Å². The molecule has 13 heteroatoms. The van der Waals surface area contributed by atoms with Crippen LogP contribution in [0.15, 0.2) is 18.6 Å². The molecule has 13 nitrogen and oxygen atoms in total. The van der Waals surface area contributed by atoms with Gasteiger partial charge in [-0.05, 0) is 61.7 Å².